The Morgan fingerprint density at radius 1 is 1.14 bits per heavy atom. The summed E-state index contributed by atoms with van der Waals surface area (Å²) in [6, 6.07) is 1.83. The first kappa shape index (κ1) is 20.0. The Labute approximate surface area is 161 Å². The molecule has 5 nitrogen and oxygen atoms in total. The summed E-state index contributed by atoms with van der Waals surface area (Å²) in [7, 11) is 0. The fraction of sp³-hybridized carbons (Fsp3) is 0.611. The largest absolute Gasteiger partial charge is 0.433 e. The molecule has 0 atom stereocenters. The Hall–Kier alpha value is -2.33. The van der Waals surface area contributed by atoms with Gasteiger partial charge in [-0.3, -0.25) is 14.7 Å². The summed E-state index contributed by atoms with van der Waals surface area (Å²) >= 11 is 0. The number of fused-ring (bicyclic) bond motifs is 1. The normalized spacial score (nSPS) is 19.2. The van der Waals surface area contributed by atoms with Crippen molar-refractivity contribution in [3.05, 3.63) is 17.8 Å². The van der Waals surface area contributed by atoms with Crippen LogP contribution in [0.15, 0.2) is 12.1 Å². The highest BCUT2D eigenvalue weighted by Gasteiger charge is 2.62. The zero-order chi connectivity index (χ0) is 21.0. The maximum atomic E-state index is 13.0. The molecule has 2 aromatic heterocycles. The van der Waals surface area contributed by atoms with Crippen LogP contribution in [-0.2, 0) is 11.0 Å². The molecule has 0 bridgehead atoms. The zero-order valence-corrected chi connectivity index (χ0v) is 15.2. The minimum absolute atomic E-state index is 0.00813. The topological polar surface area (TPSA) is 59.8 Å². The highest BCUT2D eigenvalue weighted by atomic mass is 19.4. The molecule has 0 spiro atoms. The highest BCUT2D eigenvalue weighted by molar-refractivity contribution is 5.91. The lowest BCUT2D eigenvalue weighted by Gasteiger charge is -2.28. The molecule has 2 aliphatic rings. The predicted molar refractivity (Wildman–Crippen MR) is 91.0 cm³/mol. The molecule has 29 heavy (non-hydrogen) atoms. The van der Waals surface area contributed by atoms with E-state index in [4.69, 9.17) is 0 Å². The maximum Gasteiger partial charge on any atom is 0.433 e. The van der Waals surface area contributed by atoms with Crippen LogP contribution in [0.2, 0.25) is 0 Å². The van der Waals surface area contributed by atoms with Gasteiger partial charge in [0.1, 0.15) is 11.2 Å². The number of alkyl halides is 6. The van der Waals surface area contributed by atoms with Crippen molar-refractivity contribution in [3.63, 3.8) is 0 Å². The van der Waals surface area contributed by atoms with E-state index in [1.807, 2.05) is 0 Å². The molecule has 0 unspecified atom stereocenters. The van der Waals surface area contributed by atoms with Crippen LogP contribution >= 0.6 is 0 Å². The van der Waals surface area contributed by atoms with Crippen molar-refractivity contribution in [1.82, 2.24) is 14.5 Å². The average molecular weight is 420 g/mol. The van der Waals surface area contributed by atoms with Crippen LogP contribution in [0.3, 0.4) is 0 Å². The zero-order valence-electron chi connectivity index (χ0n) is 15.2. The number of aromatic nitrogens is 3. The molecule has 2 saturated carbocycles. The third-order valence-electron chi connectivity index (χ3n) is 5.80. The Balaban J connectivity index is 1.57. The van der Waals surface area contributed by atoms with Crippen LogP contribution in [0.25, 0.3) is 11.2 Å². The number of anilines is 1. The number of amides is 1. The van der Waals surface area contributed by atoms with E-state index in [1.165, 1.54) is 10.6 Å². The van der Waals surface area contributed by atoms with Crippen LogP contribution in [-0.4, -0.2) is 26.6 Å². The number of pyridine rings is 1. The Morgan fingerprint density at radius 2 is 1.83 bits per heavy atom. The van der Waals surface area contributed by atoms with Gasteiger partial charge in [0.2, 0.25) is 11.9 Å². The fourth-order valence-electron chi connectivity index (χ4n) is 3.58. The van der Waals surface area contributed by atoms with E-state index in [1.54, 1.807) is 0 Å². The smallest absolute Gasteiger partial charge is 0.296 e. The molecule has 11 heteroatoms. The van der Waals surface area contributed by atoms with E-state index in [-0.39, 0.29) is 48.8 Å². The number of nitrogens with zero attached hydrogens (tertiary/aromatic N) is 3. The first-order chi connectivity index (χ1) is 13.5. The SMILES string of the molecule is O=C(CCC1(C(F)(F)F)CC1)Nc1nc2ccc(C(F)(F)F)nc2n1C1CCC1. The number of carbonyl (C=O) groups is 1. The quantitative estimate of drug-likeness (QED) is 0.674. The Kier molecular flexibility index (Phi) is 4.54. The first-order valence-corrected chi connectivity index (χ1v) is 9.33. The monoisotopic (exact) mass is 420 g/mol. The molecular weight excluding hydrogens is 402 g/mol. The van der Waals surface area contributed by atoms with E-state index >= 15 is 0 Å². The van der Waals surface area contributed by atoms with Crippen molar-refractivity contribution < 1.29 is 31.1 Å². The van der Waals surface area contributed by atoms with Crippen molar-refractivity contribution in [2.24, 2.45) is 5.41 Å². The molecule has 0 aromatic carbocycles. The van der Waals surface area contributed by atoms with Gasteiger partial charge in [-0.05, 0) is 50.7 Å². The lowest BCUT2D eigenvalue weighted by molar-refractivity contribution is -0.189. The van der Waals surface area contributed by atoms with Crippen molar-refractivity contribution in [1.29, 1.82) is 0 Å². The molecule has 2 aliphatic carbocycles. The van der Waals surface area contributed by atoms with E-state index in [0.717, 1.165) is 12.5 Å². The van der Waals surface area contributed by atoms with Crippen LogP contribution in [0.5, 0.6) is 0 Å². The van der Waals surface area contributed by atoms with Crippen LogP contribution in [0, 0.1) is 5.41 Å². The fourth-order valence-corrected chi connectivity index (χ4v) is 3.58. The van der Waals surface area contributed by atoms with Gasteiger partial charge in [-0.1, -0.05) is 0 Å². The lowest BCUT2D eigenvalue weighted by Crippen LogP contribution is -2.27. The second kappa shape index (κ2) is 6.60. The van der Waals surface area contributed by atoms with Gasteiger partial charge in [0.15, 0.2) is 5.65 Å². The number of imidazole rings is 1. The molecule has 158 valence electrons. The number of carbonyl (C=O) groups excluding carboxylic acids is 1. The van der Waals surface area contributed by atoms with Crippen LogP contribution in [0.4, 0.5) is 32.3 Å². The van der Waals surface area contributed by atoms with Gasteiger partial charge < -0.3 is 0 Å². The predicted octanol–water partition coefficient (Wildman–Crippen LogP) is 5.24. The van der Waals surface area contributed by atoms with Crippen molar-refractivity contribution in [2.75, 3.05) is 5.32 Å². The lowest BCUT2D eigenvalue weighted by atomic mass is 9.93. The first-order valence-electron chi connectivity index (χ1n) is 9.33. The van der Waals surface area contributed by atoms with Crippen molar-refractivity contribution in [2.45, 2.75) is 63.3 Å². The van der Waals surface area contributed by atoms with Crippen molar-refractivity contribution in [3.8, 4) is 0 Å². The number of nitrogens with one attached hydrogen (secondary N) is 1. The molecule has 1 amide bonds. The summed E-state index contributed by atoms with van der Waals surface area (Å²) in [5.41, 5.74) is -2.66. The van der Waals surface area contributed by atoms with Gasteiger partial charge >= 0.3 is 12.4 Å². The molecular formula is C18H18F6N4O. The minimum atomic E-state index is -4.62. The standard InChI is InChI=1S/C18H18F6N4O/c19-17(20,21)12-5-4-11-14(26-12)28(10-2-1-3-10)15(25-11)27-13(29)6-7-16(8-9-16)18(22,23)24/h4-5,10H,1-3,6-9H2,(H,25,27,29). The summed E-state index contributed by atoms with van der Waals surface area (Å²) < 4.78 is 79.6. The molecule has 2 heterocycles. The second-order valence-electron chi connectivity index (χ2n) is 7.75. The van der Waals surface area contributed by atoms with E-state index in [9.17, 15) is 31.1 Å². The Morgan fingerprint density at radius 3 is 2.34 bits per heavy atom. The molecule has 1 N–H and O–H groups in total. The molecule has 2 fully saturated rings. The van der Waals surface area contributed by atoms with Crippen LogP contribution < -0.4 is 5.32 Å². The molecule has 0 radical (unpaired) electrons. The molecule has 4 rings (SSSR count). The van der Waals surface area contributed by atoms with Gasteiger partial charge in [0.05, 0.1) is 5.41 Å². The summed E-state index contributed by atoms with van der Waals surface area (Å²) in [5, 5.41) is 2.48. The highest BCUT2D eigenvalue weighted by Crippen LogP contribution is 2.60. The van der Waals surface area contributed by atoms with E-state index < -0.39 is 29.4 Å². The minimum Gasteiger partial charge on any atom is -0.296 e. The summed E-state index contributed by atoms with van der Waals surface area (Å²) in [4.78, 5) is 20.1. The summed E-state index contributed by atoms with van der Waals surface area (Å²) in [6.45, 7) is 0. The average Bonchev–Trinajstić information content (AvgIpc) is 3.30. The second-order valence-corrected chi connectivity index (χ2v) is 7.75. The summed E-state index contributed by atoms with van der Waals surface area (Å²) in [5.74, 6) is -0.620. The maximum absolute atomic E-state index is 13.0. The third-order valence-corrected chi connectivity index (χ3v) is 5.80. The van der Waals surface area contributed by atoms with Gasteiger partial charge in [0.25, 0.3) is 0 Å². The number of hydrogen-bond donors (Lipinski definition) is 1. The van der Waals surface area contributed by atoms with Crippen LogP contribution in [0.1, 0.15) is 56.7 Å². The number of hydrogen-bond acceptors (Lipinski definition) is 3. The van der Waals surface area contributed by atoms with E-state index in [0.29, 0.717) is 12.8 Å². The summed E-state index contributed by atoms with van der Waals surface area (Å²) in [6.07, 6.45) is -7.33. The molecule has 0 saturated heterocycles. The van der Waals surface area contributed by atoms with E-state index in [2.05, 4.69) is 15.3 Å². The third kappa shape index (κ3) is 3.66. The van der Waals surface area contributed by atoms with Gasteiger partial charge in [-0.2, -0.15) is 26.3 Å². The van der Waals surface area contributed by atoms with Crippen molar-refractivity contribution >= 4 is 23.0 Å². The number of rotatable bonds is 5. The Bertz CT molecular complexity index is 940. The van der Waals surface area contributed by atoms with Gasteiger partial charge in [-0.15, -0.1) is 0 Å². The molecule has 0 aliphatic heterocycles. The van der Waals surface area contributed by atoms with Gasteiger partial charge in [0, 0.05) is 12.5 Å². The molecule has 2 aromatic rings. The number of halogens is 6. The van der Waals surface area contributed by atoms with Gasteiger partial charge in [-0.25, -0.2) is 9.97 Å².